The molecule has 0 saturated heterocycles. The monoisotopic (exact) mass is 304 g/mol. The molecule has 0 bridgehead atoms. The first-order valence-corrected chi connectivity index (χ1v) is 7.37. The number of hydrogen-bond acceptors (Lipinski definition) is 4. The fraction of sp³-hybridized carbons (Fsp3) is 0.167. The summed E-state index contributed by atoms with van der Waals surface area (Å²) in [6.45, 7) is 2.47. The summed E-state index contributed by atoms with van der Waals surface area (Å²) in [6.07, 6.45) is 0.554. The summed E-state index contributed by atoms with van der Waals surface area (Å²) in [4.78, 5) is 0. The number of rotatable bonds is 5. The van der Waals surface area contributed by atoms with Gasteiger partial charge < -0.3 is 4.74 Å². The van der Waals surface area contributed by atoms with Gasteiger partial charge in [-0.05, 0) is 36.8 Å². The van der Waals surface area contributed by atoms with Crippen molar-refractivity contribution >= 4 is 0 Å². The van der Waals surface area contributed by atoms with Gasteiger partial charge in [0.25, 0.3) is 0 Å². The van der Waals surface area contributed by atoms with E-state index in [1.54, 1.807) is 4.68 Å². The molecule has 0 amide bonds. The maximum absolute atomic E-state index is 9.24. The Morgan fingerprint density at radius 3 is 2.70 bits per heavy atom. The van der Waals surface area contributed by atoms with Crippen molar-refractivity contribution in [3.63, 3.8) is 0 Å². The molecule has 0 aliphatic heterocycles. The van der Waals surface area contributed by atoms with Crippen LogP contribution in [0.2, 0.25) is 0 Å². The lowest BCUT2D eigenvalue weighted by atomic mass is 10.2. The Morgan fingerprint density at radius 1 is 1.13 bits per heavy atom. The van der Waals surface area contributed by atoms with Crippen LogP contribution < -0.4 is 4.74 Å². The number of nitrogens with zero attached hydrogens (tertiary/aromatic N) is 4. The van der Waals surface area contributed by atoms with Gasteiger partial charge in [-0.1, -0.05) is 35.5 Å². The van der Waals surface area contributed by atoms with E-state index in [2.05, 4.69) is 16.4 Å². The number of aromatic nitrogens is 3. The molecule has 0 aliphatic carbocycles. The zero-order chi connectivity index (χ0) is 16.1. The molecule has 5 nitrogen and oxygen atoms in total. The van der Waals surface area contributed by atoms with Crippen molar-refractivity contribution in [3.8, 4) is 17.5 Å². The van der Waals surface area contributed by atoms with Crippen LogP contribution in [0.1, 0.15) is 17.0 Å². The molecule has 0 radical (unpaired) electrons. The van der Waals surface area contributed by atoms with Crippen LogP contribution in [0.25, 0.3) is 5.69 Å². The van der Waals surface area contributed by atoms with Crippen molar-refractivity contribution in [2.75, 3.05) is 6.61 Å². The lowest BCUT2D eigenvalue weighted by molar-refractivity contribution is 0.319. The largest absolute Gasteiger partial charge is 0.493 e. The van der Waals surface area contributed by atoms with Crippen molar-refractivity contribution in [3.05, 3.63) is 71.5 Å². The molecule has 0 saturated carbocycles. The van der Waals surface area contributed by atoms with Crippen LogP contribution in [0, 0.1) is 18.3 Å². The van der Waals surface area contributed by atoms with E-state index in [0.29, 0.717) is 18.7 Å². The zero-order valence-corrected chi connectivity index (χ0v) is 12.8. The van der Waals surface area contributed by atoms with Gasteiger partial charge in [-0.3, -0.25) is 0 Å². The van der Waals surface area contributed by atoms with Gasteiger partial charge >= 0.3 is 0 Å². The number of benzene rings is 2. The quantitative estimate of drug-likeness (QED) is 0.726. The fourth-order valence-corrected chi connectivity index (χ4v) is 2.36. The third-order valence-corrected chi connectivity index (χ3v) is 3.47. The number of para-hydroxylation sites is 1. The SMILES string of the molecule is Cc1cccc(-n2nnc(C#N)c2CCOc2ccccc2)c1. The Morgan fingerprint density at radius 2 is 1.96 bits per heavy atom. The second-order valence-corrected chi connectivity index (χ2v) is 5.16. The molecule has 2 aromatic carbocycles. The van der Waals surface area contributed by atoms with Gasteiger partial charge in [0.2, 0.25) is 0 Å². The van der Waals surface area contributed by atoms with Crippen molar-refractivity contribution in [1.82, 2.24) is 15.0 Å². The molecule has 1 aromatic heterocycles. The normalized spacial score (nSPS) is 10.3. The Labute approximate surface area is 134 Å². The van der Waals surface area contributed by atoms with E-state index in [1.165, 1.54) is 0 Å². The number of ether oxygens (including phenoxy) is 1. The molecule has 3 aromatic rings. The highest BCUT2D eigenvalue weighted by molar-refractivity contribution is 5.39. The predicted molar refractivity (Wildman–Crippen MR) is 86.5 cm³/mol. The van der Waals surface area contributed by atoms with Gasteiger partial charge in [-0.2, -0.15) is 5.26 Å². The standard InChI is InChI=1S/C18H16N4O/c1-14-6-5-7-15(12-14)22-18(17(13-19)20-21-22)10-11-23-16-8-3-2-4-9-16/h2-9,12H,10-11H2,1H3. The van der Waals surface area contributed by atoms with Crippen LogP contribution >= 0.6 is 0 Å². The molecule has 0 unspecified atom stereocenters. The second kappa shape index (κ2) is 6.75. The molecule has 1 heterocycles. The molecule has 114 valence electrons. The summed E-state index contributed by atoms with van der Waals surface area (Å²) in [5.74, 6) is 0.806. The first kappa shape index (κ1) is 14.8. The van der Waals surface area contributed by atoms with E-state index in [9.17, 15) is 5.26 Å². The van der Waals surface area contributed by atoms with Crippen molar-refractivity contribution < 1.29 is 4.74 Å². The molecule has 3 rings (SSSR count). The lowest BCUT2D eigenvalue weighted by Crippen LogP contribution is -2.09. The Hall–Kier alpha value is -3.13. The van der Waals surface area contributed by atoms with Gasteiger partial charge in [-0.25, -0.2) is 4.68 Å². The van der Waals surface area contributed by atoms with Crippen LogP contribution in [-0.2, 0) is 6.42 Å². The molecular weight excluding hydrogens is 288 g/mol. The molecule has 0 fully saturated rings. The van der Waals surface area contributed by atoms with Crippen molar-refractivity contribution in [2.45, 2.75) is 13.3 Å². The van der Waals surface area contributed by atoms with Crippen LogP contribution in [0.3, 0.4) is 0 Å². The highest BCUT2D eigenvalue weighted by Crippen LogP contribution is 2.16. The number of aryl methyl sites for hydroxylation is 1. The van der Waals surface area contributed by atoms with Gasteiger partial charge in [0.1, 0.15) is 11.8 Å². The number of nitriles is 1. The maximum atomic E-state index is 9.24. The Bertz CT molecular complexity index is 834. The average molecular weight is 304 g/mol. The van der Waals surface area contributed by atoms with E-state index >= 15 is 0 Å². The van der Waals surface area contributed by atoms with Gasteiger partial charge in [0.05, 0.1) is 18.0 Å². The summed E-state index contributed by atoms with van der Waals surface area (Å²) in [6, 6.07) is 19.6. The van der Waals surface area contributed by atoms with E-state index in [0.717, 1.165) is 22.7 Å². The molecular formula is C18H16N4O. The highest BCUT2D eigenvalue weighted by Gasteiger charge is 2.14. The third-order valence-electron chi connectivity index (χ3n) is 3.47. The summed E-state index contributed by atoms with van der Waals surface area (Å²) >= 11 is 0. The summed E-state index contributed by atoms with van der Waals surface area (Å²) in [5, 5.41) is 17.3. The van der Waals surface area contributed by atoms with Crippen LogP contribution in [0.5, 0.6) is 5.75 Å². The molecule has 0 atom stereocenters. The topological polar surface area (TPSA) is 63.7 Å². The summed E-state index contributed by atoms with van der Waals surface area (Å²) < 4.78 is 7.42. The third kappa shape index (κ3) is 3.38. The second-order valence-electron chi connectivity index (χ2n) is 5.16. The van der Waals surface area contributed by atoms with Crippen LogP contribution in [0.15, 0.2) is 54.6 Å². The van der Waals surface area contributed by atoms with E-state index in [1.807, 2.05) is 61.5 Å². The first-order chi connectivity index (χ1) is 11.3. The molecule has 5 heteroatoms. The van der Waals surface area contributed by atoms with Gasteiger partial charge in [0.15, 0.2) is 5.69 Å². The minimum atomic E-state index is 0.336. The summed E-state index contributed by atoms with van der Waals surface area (Å²) in [5.41, 5.74) is 3.12. The van der Waals surface area contributed by atoms with E-state index in [-0.39, 0.29) is 0 Å². The zero-order valence-electron chi connectivity index (χ0n) is 12.8. The Balaban J connectivity index is 1.81. The van der Waals surface area contributed by atoms with Gasteiger partial charge in [-0.15, -0.1) is 5.10 Å². The number of hydrogen-bond donors (Lipinski definition) is 0. The van der Waals surface area contributed by atoms with Gasteiger partial charge in [0, 0.05) is 6.42 Å². The van der Waals surface area contributed by atoms with E-state index < -0.39 is 0 Å². The summed E-state index contributed by atoms with van der Waals surface area (Å²) in [7, 11) is 0. The maximum Gasteiger partial charge on any atom is 0.186 e. The van der Waals surface area contributed by atoms with Crippen molar-refractivity contribution in [2.24, 2.45) is 0 Å². The molecule has 0 spiro atoms. The molecule has 0 N–H and O–H groups in total. The Kier molecular flexibility index (Phi) is 4.34. The highest BCUT2D eigenvalue weighted by atomic mass is 16.5. The van der Waals surface area contributed by atoms with Crippen LogP contribution in [0.4, 0.5) is 0 Å². The smallest absolute Gasteiger partial charge is 0.186 e. The predicted octanol–water partition coefficient (Wildman–Crippen LogP) is 3.07. The minimum absolute atomic E-state index is 0.336. The first-order valence-electron chi connectivity index (χ1n) is 7.37. The lowest BCUT2D eigenvalue weighted by Gasteiger charge is -2.09. The molecule has 0 aliphatic rings. The van der Waals surface area contributed by atoms with Crippen LogP contribution in [-0.4, -0.2) is 21.6 Å². The molecule has 23 heavy (non-hydrogen) atoms. The fourth-order valence-electron chi connectivity index (χ4n) is 2.36. The average Bonchev–Trinajstić information content (AvgIpc) is 2.99. The minimum Gasteiger partial charge on any atom is -0.493 e. The van der Waals surface area contributed by atoms with Crippen molar-refractivity contribution in [1.29, 1.82) is 5.26 Å². The van der Waals surface area contributed by atoms with E-state index in [4.69, 9.17) is 4.74 Å².